The van der Waals surface area contributed by atoms with Gasteiger partial charge in [0.05, 0.1) is 15.9 Å². The first-order chi connectivity index (χ1) is 9.45. The van der Waals surface area contributed by atoms with E-state index in [1.807, 2.05) is 37.1 Å². The van der Waals surface area contributed by atoms with Crippen LogP contribution >= 0.6 is 15.9 Å². The normalized spacial score (nSPS) is 11.0. The highest BCUT2D eigenvalue weighted by atomic mass is 79.9. The van der Waals surface area contributed by atoms with E-state index in [0.717, 1.165) is 17.1 Å². The Labute approximate surface area is 125 Å². The smallest absolute Gasteiger partial charge is 0.283 e. The number of halogens is 1. The molecule has 1 aromatic heterocycles. The van der Waals surface area contributed by atoms with E-state index in [9.17, 15) is 10.1 Å². The Balaban J connectivity index is 2.06. The number of hydrogen-bond acceptors (Lipinski definition) is 4. The van der Waals surface area contributed by atoms with Gasteiger partial charge in [0.15, 0.2) is 0 Å². The maximum atomic E-state index is 10.9. The molecule has 0 aliphatic heterocycles. The minimum Gasteiger partial charge on any atom is -0.465 e. The SMILES string of the molecule is Cc1ccc(CN(C)Cc2ccc(Br)c([N+](=O)[O-])c2)o1. The number of benzene rings is 1. The molecule has 0 unspecified atom stereocenters. The average molecular weight is 339 g/mol. The summed E-state index contributed by atoms with van der Waals surface area (Å²) in [5.74, 6) is 1.77. The third-order valence-electron chi connectivity index (χ3n) is 2.88. The van der Waals surface area contributed by atoms with Gasteiger partial charge in [0, 0.05) is 12.6 Å². The van der Waals surface area contributed by atoms with E-state index in [2.05, 4.69) is 15.9 Å². The van der Waals surface area contributed by atoms with Crippen LogP contribution in [-0.2, 0) is 13.1 Å². The van der Waals surface area contributed by atoms with Crippen molar-refractivity contribution in [2.75, 3.05) is 7.05 Å². The Bertz CT molecular complexity index is 625. The predicted octanol–water partition coefficient (Wildman–Crippen LogP) is 3.89. The lowest BCUT2D eigenvalue weighted by molar-refractivity contribution is -0.385. The molecule has 0 atom stereocenters. The van der Waals surface area contributed by atoms with Crippen LogP contribution in [0, 0.1) is 17.0 Å². The van der Waals surface area contributed by atoms with Crippen molar-refractivity contribution in [3.63, 3.8) is 0 Å². The van der Waals surface area contributed by atoms with Crippen LogP contribution < -0.4 is 0 Å². The van der Waals surface area contributed by atoms with Crippen molar-refractivity contribution in [2.45, 2.75) is 20.0 Å². The quantitative estimate of drug-likeness (QED) is 0.612. The lowest BCUT2D eigenvalue weighted by atomic mass is 10.2. The molecule has 0 saturated heterocycles. The molecule has 0 saturated carbocycles. The van der Waals surface area contributed by atoms with Crippen LogP contribution in [0.15, 0.2) is 39.2 Å². The largest absolute Gasteiger partial charge is 0.465 e. The summed E-state index contributed by atoms with van der Waals surface area (Å²) in [6.45, 7) is 3.19. The molecule has 0 aliphatic carbocycles. The van der Waals surface area contributed by atoms with E-state index in [1.54, 1.807) is 12.1 Å². The van der Waals surface area contributed by atoms with Gasteiger partial charge in [0.1, 0.15) is 11.5 Å². The second-order valence-corrected chi connectivity index (χ2v) is 5.58. The molecule has 0 radical (unpaired) electrons. The van der Waals surface area contributed by atoms with Crippen LogP contribution in [0.5, 0.6) is 0 Å². The summed E-state index contributed by atoms with van der Waals surface area (Å²) in [6, 6.07) is 9.04. The summed E-state index contributed by atoms with van der Waals surface area (Å²) in [6.07, 6.45) is 0. The highest BCUT2D eigenvalue weighted by Crippen LogP contribution is 2.26. The number of nitrogens with zero attached hydrogens (tertiary/aromatic N) is 2. The Morgan fingerprint density at radius 3 is 2.65 bits per heavy atom. The summed E-state index contributed by atoms with van der Waals surface area (Å²) in [7, 11) is 1.95. The zero-order valence-corrected chi connectivity index (χ0v) is 12.9. The number of aryl methyl sites for hydroxylation is 1. The van der Waals surface area contributed by atoms with Crippen LogP contribution in [0.2, 0.25) is 0 Å². The Hall–Kier alpha value is -1.66. The van der Waals surface area contributed by atoms with Crippen LogP contribution in [0.25, 0.3) is 0 Å². The summed E-state index contributed by atoms with van der Waals surface area (Å²) < 4.78 is 6.01. The predicted molar refractivity (Wildman–Crippen MR) is 79.4 cm³/mol. The average Bonchev–Trinajstić information content (AvgIpc) is 2.76. The van der Waals surface area contributed by atoms with Crippen molar-refractivity contribution >= 4 is 21.6 Å². The minimum atomic E-state index is -0.385. The molecule has 0 amide bonds. The van der Waals surface area contributed by atoms with E-state index in [-0.39, 0.29) is 10.6 Å². The molecule has 2 aromatic rings. The summed E-state index contributed by atoms with van der Waals surface area (Å²) in [5, 5.41) is 10.9. The van der Waals surface area contributed by atoms with Gasteiger partial charge >= 0.3 is 0 Å². The number of nitro benzene ring substituents is 1. The highest BCUT2D eigenvalue weighted by molar-refractivity contribution is 9.10. The first kappa shape index (κ1) is 14.7. The van der Waals surface area contributed by atoms with Crippen molar-refractivity contribution in [3.8, 4) is 0 Å². The molecule has 1 heterocycles. The molecular weight excluding hydrogens is 324 g/mol. The van der Waals surface area contributed by atoms with Crippen molar-refractivity contribution in [2.24, 2.45) is 0 Å². The van der Waals surface area contributed by atoms with Crippen molar-refractivity contribution < 1.29 is 9.34 Å². The maximum absolute atomic E-state index is 10.9. The Morgan fingerprint density at radius 1 is 1.30 bits per heavy atom. The van der Waals surface area contributed by atoms with Crippen LogP contribution in [0.4, 0.5) is 5.69 Å². The lowest BCUT2D eigenvalue weighted by Gasteiger charge is -2.15. The lowest BCUT2D eigenvalue weighted by Crippen LogP contribution is -2.16. The molecular formula is C14H15BrN2O3. The third kappa shape index (κ3) is 3.68. The second-order valence-electron chi connectivity index (χ2n) is 4.73. The molecule has 0 bridgehead atoms. The molecule has 6 heteroatoms. The third-order valence-corrected chi connectivity index (χ3v) is 3.55. The van der Waals surface area contributed by atoms with Gasteiger partial charge in [0.2, 0.25) is 0 Å². The summed E-state index contributed by atoms with van der Waals surface area (Å²) in [4.78, 5) is 12.6. The van der Waals surface area contributed by atoms with Gasteiger partial charge < -0.3 is 4.42 Å². The number of rotatable bonds is 5. The maximum Gasteiger partial charge on any atom is 0.283 e. The molecule has 0 N–H and O–H groups in total. The first-order valence-electron chi connectivity index (χ1n) is 6.12. The molecule has 2 rings (SSSR count). The summed E-state index contributed by atoms with van der Waals surface area (Å²) in [5.41, 5.74) is 0.982. The van der Waals surface area contributed by atoms with Crippen LogP contribution in [0.1, 0.15) is 17.1 Å². The van der Waals surface area contributed by atoms with Crippen LogP contribution in [-0.4, -0.2) is 16.9 Å². The fourth-order valence-corrected chi connectivity index (χ4v) is 2.39. The van der Waals surface area contributed by atoms with Gasteiger partial charge in [-0.05, 0) is 53.7 Å². The van der Waals surface area contributed by atoms with Crippen molar-refractivity contribution in [1.82, 2.24) is 4.90 Å². The van der Waals surface area contributed by atoms with E-state index >= 15 is 0 Å². The Morgan fingerprint density at radius 2 is 2.05 bits per heavy atom. The number of nitro groups is 1. The van der Waals surface area contributed by atoms with Gasteiger partial charge in [-0.15, -0.1) is 0 Å². The van der Waals surface area contributed by atoms with Gasteiger partial charge in [-0.3, -0.25) is 15.0 Å². The molecule has 106 valence electrons. The van der Waals surface area contributed by atoms with Gasteiger partial charge in [-0.1, -0.05) is 6.07 Å². The van der Waals surface area contributed by atoms with E-state index in [0.29, 0.717) is 17.6 Å². The monoisotopic (exact) mass is 338 g/mol. The molecule has 5 nitrogen and oxygen atoms in total. The zero-order valence-electron chi connectivity index (χ0n) is 11.3. The first-order valence-corrected chi connectivity index (χ1v) is 6.91. The molecule has 0 aliphatic rings. The molecule has 1 aromatic carbocycles. The zero-order chi connectivity index (χ0) is 14.7. The number of hydrogen-bond donors (Lipinski definition) is 0. The molecule has 0 spiro atoms. The topological polar surface area (TPSA) is 59.5 Å². The Kier molecular flexibility index (Phi) is 4.57. The van der Waals surface area contributed by atoms with E-state index in [4.69, 9.17) is 4.42 Å². The fourth-order valence-electron chi connectivity index (χ4n) is 2.00. The molecule has 0 fully saturated rings. The highest BCUT2D eigenvalue weighted by Gasteiger charge is 2.13. The standard InChI is InChI=1S/C14H15BrN2O3/c1-10-3-5-12(20-10)9-16(2)8-11-4-6-13(15)14(7-11)17(18)19/h3-7H,8-9H2,1-2H3. The summed E-state index contributed by atoms with van der Waals surface area (Å²) >= 11 is 3.18. The second kappa shape index (κ2) is 6.19. The van der Waals surface area contributed by atoms with Gasteiger partial charge in [0.25, 0.3) is 5.69 Å². The minimum absolute atomic E-state index is 0.0877. The van der Waals surface area contributed by atoms with Gasteiger partial charge in [-0.25, -0.2) is 0 Å². The van der Waals surface area contributed by atoms with E-state index < -0.39 is 0 Å². The van der Waals surface area contributed by atoms with E-state index in [1.165, 1.54) is 0 Å². The number of furan rings is 1. The van der Waals surface area contributed by atoms with Crippen molar-refractivity contribution in [1.29, 1.82) is 0 Å². The van der Waals surface area contributed by atoms with Gasteiger partial charge in [-0.2, -0.15) is 0 Å². The molecule has 20 heavy (non-hydrogen) atoms. The van der Waals surface area contributed by atoms with Crippen molar-refractivity contribution in [3.05, 3.63) is 62.0 Å². The van der Waals surface area contributed by atoms with Crippen LogP contribution in [0.3, 0.4) is 0 Å². The fraction of sp³-hybridized carbons (Fsp3) is 0.286.